The fourth-order valence-electron chi connectivity index (χ4n) is 2.73. The zero-order valence-electron chi connectivity index (χ0n) is 19.9. The lowest BCUT2D eigenvalue weighted by atomic mass is 10.1. The monoisotopic (exact) mass is 544 g/mol. The molecule has 0 radical (unpaired) electrons. The van der Waals surface area contributed by atoms with E-state index in [0.717, 1.165) is 12.1 Å². The van der Waals surface area contributed by atoms with Crippen LogP contribution in [0.1, 0.15) is 67.5 Å². The molecule has 39 heavy (non-hydrogen) atoms. The zero-order valence-corrected chi connectivity index (χ0v) is 19.9. The predicted octanol–water partition coefficient (Wildman–Crippen LogP) is 5.95. The Labute approximate surface area is 224 Å². The summed E-state index contributed by atoms with van der Waals surface area (Å²) in [4.78, 5) is 44.3. The molecule has 0 aliphatic heterocycles. The second kappa shape index (κ2) is 19.3. The van der Waals surface area contributed by atoms with Crippen LogP contribution in [0.2, 0.25) is 0 Å². The van der Waals surface area contributed by atoms with Crippen LogP contribution in [-0.4, -0.2) is 28.4 Å². The number of carbonyl (C=O) groups is 1. The van der Waals surface area contributed by atoms with Gasteiger partial charge in [0.2, 0.25) is 17.3 Å². The fourth-order valence-corrected chi connectivity index (χ4v) is 2.73. The lowest BCUT2D eigenvalue weighted by molar-refractivity contribution is -0.193. The summed E-state index contributed by atoms with van der Waals surface area (Å²) < 4.78 is 37.5. The minimum Gasteiger partial charge on any atom is -0.354 e. The van der Waals surface area contributed by atoms with Crippen LogP contribution >= 0.6 is 0 Å². The van der Waals surface area contributed by atoms with Crippen molar-refractivity contribution in [3.63, 3.8) is 0 Å². The molecule has 0 amide bonds. The fraction of sp³-hybridized carbons (Fsp3) is 0.250. The Balaban J connectivity index is 0. The number of nitrogens with zero attached hydrogens (tertiary/aromatic N) is 2. The van der Waals surface area contributed by atoms with Crippen LogP contribution in [0.4, 0.5) is 8.78 Å². The highest BCUT2D eigenvalue weighted by molar-refractivity contribution is 6.07. The largest absolute Gasteiger partial charge is 0.373 e. The van der Waals surface area contributed by atoms with Crippen LogP contribution in [0.25, 0.3) is 0 Å². The normalized spacial score (nSPS) is 9.13. The van der Waals surface area contributed by atoms with E-state index in [9.17, 15) is 13.6 Å². The van der Waals surface area contributed by atoms with Gasteiger partial charge in [0.05, 0.1) is 11.4 Å². The van der Waals surface area contributed by atoms with Crippen molar-refractivity contribution >= 4 is 18.1 Å². The summed E-state index contributed by atoms with van der Waals surface area (Å²) in [5.41, 5.74) is 1.87. The molecule has 4 aromatic rings. The molecule has 0 N–H and O–H groups in total. The molecule has 2 aromatic heterocycles. The van der Waals surface area contributed by atoms with Crippen LogP contribution < -0.4 is 0 Å². The predicted molar refractivity (Wildman–Crippen MR) is 135 cm³/mol. The highest BCUT2D eigenvalue weighted by Gasteiger charge is 2.38. The first-order chi connectivity index (χ1) is 17.8. The first-order valence-corrected chi connectivity index (χ1v) is 10.7. The Kier molecular flexibility index (Phi) is 18.0. The van der Waals surface area contributed by atoms with Crippen molar-refractivity contribution in [1.82, 2.24) is 10.3 Å². The molecule has 0 saturated heterocycles. The van der Waals surface area contributed by atoms with Gasteiger partial charge >= 0.3 is 18.2 Å². The molecule has 0 atom stereocenters. The molecule has 208 valence electrons. The van der Waals surface area contributed by atoms with Gasteiger partial charge in [-0.25, -0.2) is 0 Å². The molecular formula is C28H30F2N2O7. The third-order valence-electron chi connectivity index (χ3n) is 4.55. The quantitative estimate of drug-likeness (QED) is 0.270. The number of aromatic nitrogens is 2. The molecule has 4 rings (SSSR count). The topological polar surface area (TPSA) is 137 Å². The highest BCUT2D eigenvalue weighted by Crippen LogP contribution is 2.35. The Morgan fingerprint density at radius 3 is 1.64 bits per heavy atom. The Hall–Kier alpha value is -4.85. The van der Waals surface area contributed by atoms with E-state index in [1.165, 1.54) is 18.2 Å². The summed E-state index contributed by atoms with van der Waals surface area (Å²) >= 11 is 0. The molecular weight excluding hydrogens is 514 g/mol. The van der Waals surface area contributed by atoms with Crippen molar-refractivity contribution in [2.75, 3.05) is 0 Å². The number of benzene rings is 2. The maximum Gasteiger partial charge on any atom is 0.373 e. The highest BCUT2D eigenvalue weighted by atomic mass is 19.3. The minimum atomic E-state index is -3.12. The number of carbonyl (C=O) groups excluding carboxylic acids is 5. The van der Waals surface area contributed by atoms with E-state index >= 15 is 0 Å². The number of aryl methyl sites for hydroxylation is 2. The number of hydrogen-bond acceptors (Lipinski definition) is 9. The van der Waals surface area contributed by atoms with Gasteiger partial charge in [-0.3, -0.25) is 4.79 Å². The van der Waals surface area contributed by atoms with Gasteiger partial charge in [0.1, 0.15) is 0 Å². The second-order valence-electron chi connectivity index (χ2n) is 6.87. The van der Waals surface area contributed by atoms with Crippen molar-refractivity contribution in [2.24, 2.45) is 0 Å². The summed E-state index contributed by atoms with van der Waals surface area (Å²) in [6, 6.07) is 19.6. The van der Waals surface area contributed by atoms with Gasteiger partial charge in [-0.15, -0.1) is 0 Å². The van der Waals surface area contributed by atoms with Crippen LogP contribution in [0.15, 0.2) is 81.8 Å². The summed E-state index contributed by atoms with van der Waals surface area (Å²) in [5, 5.41) is 7.36. The SMILES string of the molecule is C.C.CCc1cc(C(=O)c2ccccc2)on1.CCc1cc(C(F)(F)c2ccccc2)on1.O=C=O.O=C=O. The average molecular weight is 545 g/mol. The first kappa shape index (κ1) is 36.3. The number of rotatable bonds is 6. The van der Waals surface area contributed by atoms with Crippen LogP contribution in [0.5, 0.6) is 0 Å². The van der Waals surface area contributed by atoms with Crippen molar-refractivity contribution < 1.29 is 41.8 Å². The van der Waals surface area contributed by atoms with Gasteiger partial charge in [0, 0.05) is 23.3 Å². The van der Waals surface area contributed by atoms with Gasteiger partial charge in [-0.2, -0.15) is 28.0 Å². The van der Waals surface area contributed by atoms with Crippen LogP contribution in [-0.2, 0) is 37.9 Å². The molecule has 0 saturated carbocycles. The first-order valence-electron chi connectivity index (χ1n) is 10.7. The number of alkyl halides is 2. The summed E-state index contributed by atoms with van der Waals surface area (Å²) in [7, 11) is 0. The molecule has 0 bridgehead atoms. The van der Waals surface area contributed by atoms with E-state index in [2.05, 4.69) is 14.8 Å². The number of ketones is 1. The van der Waals surface area contributed by atoms with Crippen LogP contribution in [0, 0.1) is 0 Å². The van der Waals surface area contributed by atoms with Crippen molar-refractivity contribution in [2.45, 2.75) is 47.5 Å². The van der Waals surface area contributed by atoms with Crippen molar-refractivity contribution in [1.29, 1.82) is 0 Å². The lowest BCUT2D eigenvalue weighted by Crippen LogP contribution is -2.13. The van der Waals surface area contributed by atoms with E-state index in [4.69, 9.17) is 23.7 Å². The Morgan fingerprint density at radius 1 is 0.769 bits per heavy atom. The molecule has 9 nitrogen and oxygen atoms in total. The molecule has 0 fully saturated rings. The van der Waals surface area contributed by atoms with Crippen molar-refractivity contribution in [3.8, 4) is 0 Å². The Morgan fingerprint density at radius 2 is 1.21 bits per heavy atom. The second-order valence-corrected chi connectivity index (χ2v) is 6.87. The molecule has 11 heteroatoms. The van der Waals surface area contributed by atoms with E-state index in [1.54, 1.807) is 36.4 Å². The van der Waals surface area contributed by atoms with Gasteiger partial charge < -0.3 is 9.05 Å². The average Bonchev–Trinajstić information content (AvgIpc) is 3.61. The van der Waals surface area contributed by atoms with Gasteiger partial charge in [-0.1, -0.05) is 99.7 Å². The third-order valence-corrected chi connectivity index (χ3v) is 4.55. The number of halogens is 2. The van der Waals surface area contributed by atoms with Crippen LogP contribution in [0.3, 0.4) is 0 Å². The van der Waals surface area contributed by atoms with E-state index in [0.29, 0.717) is 23.4 Å². The summed E-state index contributed by atoms with van der Waals surface area (Å²) in [5.74, 6) is -3.35. The lowest BCUT2D eigenvalue weighted by Gasteiger charge is -2.12. The van der Waals surface area contributed by atoms with Gasteiger partial charge in [0.25, 0.3) is 0 Å². The molecule has 2 heterocycles. The zero-order chi connectivity index (χ0) is 27.7. The standard InChI is InChI=1S/C12H11F2NO.C12H11NO2.2CO2.2CH4/c1-2-10-8-11(16-15-10)12(13,14)9-6-4-3-5-7-9;1-2-10-8-11(15-13-10)12(14)9-6-4-3-5-7-9;2*2-1-3;;/h3-8H,2H2,1H3;3-8H,2H2,1H3;;;2*1H4. The van der Waals surface area contributed by atoms with Gasteiger partial charge in [0.15, 0.2) is 0 Å². The molecule has 0 aliphatic carbocycles. The van der Waals surface area contributed by atoms with E-state index < -0.39 is 11.7 Å². The summed E-state index contributed by atoms with van der Waals surface area (Å²) in [6.07, 6.45) is 1.85. The Bertz CT molecular complexity index is 1280. The molecule has 0 aliphatic rings. The molecule has 0 unspecified atom stereocenters. The van der Waals surface area contributed by atoms with Crippen molar-refractivity contribution in [3.05, 3.63) is 107 Å². The molecule has 2 aromatic carbocycles. The number of hydrogen-bond donors (Lipinski definition) is 0. The minimum absolute atomic E-state index is 0. The smallest absolute Gasteiger partial charge is 0.354 e. The maximum atomic E-state index is 13.9. The third kappa shape index (κ3) is 11.4. The molecule has 0 spiro atoms. The van der Waals surface area contributed by atoms with Gasteiger partial charge in [-0.05, 0) is 12.8 Å². The van der Waals surface area contributed by atoms with E-state index in [-0.39, 0.29) is 38.5 Å². The maximum absolute atomic E-state index is 13.9. The van der Waals surface area contributed by atoms with E-state index in [1.807, 2.05) is 32.0 Å². The summed E-state index contributed by atoms with van der Waals surface area (Å²) in [6.45, 7) is 3.80.